The Balaban J connectivity index is 0.795. The minimum absolute atomic E-state index is 0.0147. The number of hydrogen-bond donors (Lipinski definition) is 2. The monoisotopic (exact) mass is 832 g/mol. The number of anilines is 2. The third kappa shape index (κ3) is 6.76. The first kappa shape index (κ1) is 38.4. The molecule has 17 heteroatoms. The molecule has 0 radical (unpaired) electrons. The molecule has 3 saturated heterocycles. The number of amides is 4. The summed E-state index contributed by atoms with van der Waals surface area (Å²) < 4.78 is 37.9. The number of ether oxygens (including phenoxy) is 1. The van der Waals surface area contributed by atoms with E-state index in [-0.39, 0.29) is 58.0 Å². The van der Waals surface area contributed by atoms with Crippen LogP contribution in [0.4, 0.5) is 20.3 Å². The first-order valence-corrected chi connectivity index (χ1v) is 20.3. The van der Waals surface area contributed by atoms with Gasteiger partial charge in [-0.15, -0.1) is 0 Å². The zero-order valence-corrected chi connectivity index (χ0v) is 33.0. The summed E-state index contributed by atoms with van der Waals surface area (Å²) in [6.07, 6.45) is 9.75. The molecule has 4 aromatic rings. The Hall–Kier alpha value is -5.12. The summed E-state index contributed by atoms with van der Waals surface area (Å²) in [5, 5.41) is 7.06. The molecule has 13 nitrogen and oxygen atoms in total. The molecule has 58 heavy (non-hydrogen) atoms. The second kappa shape index (κ2) is 14.9. The second-order valence-corrected chi connectivity index (χ2v) is 16.7. The van der Waals surface area contributed by atoms with Gasteiger partial charge in [0.25, 0.3) is 11.8 Å². The second-order valence-electron chi connectivity index (χ2n) is 16.0. The van der Waals surface area contributed by atoms with Crippen molar-refractivity contribution in [2.24, 2.45) is 5.92 Å². The number of rotatable bonds is 9. The van der Waals surface area contributed by atoms with E-state index in [1.165, 1.54) is 18.2 Å². The average molecular weight is 834 g/mol. The maximum Gasteiger partial charge on any atom is 0.262 e. The SMILES string of the molecule is CC(Oc1cc(-c2cnn(C3CCC(CN4CC5CC4CN5c4cc5c(cc4F)C(=O)N(C4CCC(=O)NC4=O)C5=O)CC3)c2)cnc1N)c1c(Cl)ccc(F)c1Cl. The van der Waals surface area contributed by atoms with Crippen LogP contribution in [0.15, 0.2) is 48.9 Å². The van der Waals surface area contributed by atoms with Gasteiger partial charge in [0.15, 0.2) is 11.6 Å². The maximum absolute atomic E-state index is 15.6. The van der Waals surface area contributed by atoms with E-state index in [1.807, 2.05) is 15.8 Å². The lowest BCUT2D eigenvalue weighted by Crippen LogP contribution is -2.54. The van der Waals surface area contributed by atoms with Gasteiger partial charge in [-0.1, -0.05) is 23.2 Å². The molecule has 4 aliphatic heterocycles. The Morgan fingerprint density at radius 1 is 0.914 bits per heavy atom. The largest absolute Gasteiger partial charge is 0.482 e. The van der Waals surface area contributed by atoms with E-state index >= 15 is 4.39 Å². The van der Waals surface area contributed by atoms with Crippen LogP contribution in [0.5, 0.6) is 5.75 Å². The predicted molar refractivity (Wildman–Crippen MR) is 211 cm³/mol. The summed E-state index contributed by atoms with van der Waals surface area (Å²) in [6.45, 7) is 4.06. The highest BCUT2D eigenvalue weighted by molar-refractivity contribution is 6.36. The van der Waals surface area contributed by atoms with Crippen LogP contribution in [0.2, 0.25) is 10.0 Å². The van der Waals surface area contributed by atoms with Gasteiger partial charge in [-0.3, -0.25) is 39.0 Å². The number of nitrogens with zero attached hydrogens (tertiary/aromatic N) is 6. The number of piperazine rings is 1. The van der Waals surface area contributed by atoms with Crippen LogP contribution in [0.1, 0.15) is 90.3 Å². The molecule has 1 saturated carbocycles. The third-order valence-corrected chi connectivity index (χ3v) is 13.2. The average Bonchev–Trinajstić information content (AvgIpc) is 3.99. The van der Waals surface area contributed by atoms with Crippen molar-refractivity contribution in [2.45, 2.75) is 82.1 Å². The zero-order valence-electron chi connectivity index (χ0n) is 31.5. The van der Waals surface area contributed by atoms with Crippen LogP contribution in [-0.2, 0) is 9.59 Å². The number of halogens is 4. The van der Waals surface area contributed by atoms with E-state index in [9.17, 15) is 23.6 Å². The third-order valence-electron chi connectivity index (χ3n) is 12.5. The van der Waals surface area contributed by atoms with Crippen molar-refractivity contribution in [1.29, 1.82) is 0 Å². The summed E-state index contributed by atoms with van der Waals surface area (Å²) in [4.78, 5) is 60.4. The maximum atomic E-state index is 15.6. The fraction of sp³-hybridized carbons (Fsp3) is 0.415. The quantitative estimate of drug-likeness (QED) is 0.144. The summed E-state index contributed by atoms with van der Waals surface area (Å²) >= 11 is 12.5. The van der Waals surface area contributed by atoms with Gasteiger partial charge in [-0.2, -0.15) is 5.10 Å². The van der Waals surface area contributed by atoms with Crippen LogP contribution in [0.3, 0.4) is 0 Å². The van der Waals surface area contributed by atoms with E-state index < -0.39 is 47.4 Å². The lowest BCUT2D eigenvalue weighted by atomic mass is 9.85. The number of pyridine rings is 1. The fourth-order valence-electron chi connectivity index (χ4n) is 9.45. The number of hydrogen-bond acceptors (Lipinski definition) is 10. The smallest absolute Gasteiger partial charge is 0.262 e. The van der Waals surface area contributed by atoms with Crippen LogP contribution < -0.4 is 20.7 Å². The number of nitrogens with one attached hydrogen (secondary N) is 1. The van der Waals surface area contributed by atoms with E-state index in [2.05, 4.69) is 15.2 Å². The molecule has 2 aromatic carbocycles. The Kier molecular flexibility index (Phi) is 9.88. The van der Waals surface area contributed by atoms with E-state index in [1.54, 1.807) is 25.4 Å². The number of imide groups is 2. The van der Waals surface area contributed by atoms with E-state index in [4.69, 9.17) is 38.8 Å². The number of fused-ring (bicyclic) bond motifs is 3. The van der Waals surface area contributed by atoms with Gasteiger partial charge in [-0.05, 0) is 81.7 Å². The lowest BCUT2D eigenvalue weighted by Gasteiger charge is -2.38. The summed E-state index contributed by atoms with van der Waals surface area (Å²) in [6, 6.07) is 6.45. The van der Waals surface area contributed by atoms with Crippen LogP contribution >= 0.6 is 23.2 Å². The number of carbonyl (C=O) groups excluding carboxylic acids is 4. The first-order valence-electron chi connectivity index (χ1n) is 19.5. The molecule has 3 N–H and O–H groups in total. The van der Waals surface area contributed by atoms with E-state index in [0.29, 0.717) is 29.5 Å². The van der Waals surface area contributed by atoms with Crippen molar-refractivity contribution in [3.8, 4) is 16.9 Å². The number of benzene rings is 2. The van der Waals surface area contributed by atoms with Crippen molar-refractivity contribution in [1.82, 2.24) is 29.9 Å². The van der Waals surface area contributed by atoms with Gasteiger partial charge < -0.3 is 15.4 Å². The number of carbonyl (C=O) groups is 4. The molecule has 4 fully saturated rings. The van der Waals surface area contributed by atoms with Crippen molar-refractivity contribution in [2.75, 3.05) is 30.3 Å². The first-order chi connectivity index (χ1) is 27.8. The normalized spacial score (nSPS) is 25.1. The van der Waals surface area contributed by atoms with Gasteiger partial charge in [0, 0.05) is 72.2 Å². The van der Waals surface area contributed by atoms with E-state index in [0.717, 1.165) is 67.3 Å². The molecule has 1 aliphatic carbocycles. The summed E-state index contributed by atoms with van der Waals surface area (Å²) in [5.41, 5.74) is 8.41. The number of nitrogen functional groups attached to an aromatic ring is 1. The molecule has 9 rings (SSSR count). The molecular formula is C41H40Cl2F2N8O5. The van der Waals surface area contributed by atoms with Gasteiger partial charge >= 0.3 is 0 Å². The minimum atomic E-state index is -1.10. The van der Waals surface area contributed by atoms with Crippen LogP contribution in [0, 0.1) is 17.6 Å². The number of piperidine rings is 1. The van der Waals surface area contributed by atoms with Crippen LogP contribution in [-0.4, -0.2) is 86.0 Å². The number of likely N-dealkylation sites (tertiary alicyclic amines) is 1. The zero-order chi connectivity index (χ0) is 40.6. The molecule has 302 valence electrons. The van der Waals surface area contributed by atoms with Gasteiger partial charge in [0.2, 0.25) is 11.8 Å². The summed E-state index contributed by atoms with van der Waals surface area (Å²) in [7, 11) is 0. The van der Waals surface area contributed by atoms with Crippen LogP contribution in [0.25, 0.3) is 11.1 Å². The minimum Gasteiger partial charge on any atom is -0.482 e. The Morgan fingerprint density at radius 3 is 2.40 bits per heavy atom. The summed E-state index contributed by atoms with van der Waals surface area (Å²) in [5.74, 6) is -2.68. The molecule has 2 aromatic heterocycles. The molecule has 0 spiro atoms. The molecule has 4 atom stereocenters. The highest BCUT2D eigenvalue weighted by atomic mass is 35.5. The predicted octanol–water partition coefficient (Wildman–Crippen LogP) is 6.35. The van der Waals surface area contributed by atoms with Gasteiger partial charge in [0.1, 0.15) is 23.8 Å². The Morgan fingerprint density at radius 2 is 1.67 bits per heavy atom. The van der Waals surface area contributed by atoms with Crippen molar-refractivity contribution < 1.29 is 32.7 Å². The van der Waals surface area contributed by atoms with Crippen molar-refractivity contribution >= 4 is 58.3 Å². The molecule has 6 heterocycles. The van der Waals surface area contributed by atoms with Crippen molar-refractivity contribution in [3.63, 3.8) is 0 Å². The number of aromatic nitrogens is 3. The fourth-order valence-corrected chi connectivity index (χ4v) is 10.1. The standard InChI is InChI=1S/C41H40Cl2F2N8O5/c1-20(36-29(42)6-7-30(44)37(36)43)58-34-10-22(14-47-38(34)46)23-15-48-52(17-23)24-4-2-21(3-5-24)16-50-18-26-11-25(50)19-51(26)33-13-28-27(12-31(33)45)40(56)53(41(28)57)32-8-9-35(54)49-39(32)55/h6-7,10,12-15,17,20-21,24-26,32H,2-5,8-9,11,16,18-19H2,1H3,(H2,46,47)(H,49,54,55). The number of nitrogens with two attached hydrogens (primary N) is 1. The van der Waals surface area contributed by atoms with Gasteiger partial charge in [0.05, 0.1) is 34.1 Å². The molecule has 4 unspecified atom stereocenters. The Labute approximate surface area is 342 Å². The topological polar surface area (TPSA) is 156 Å². The highest BCUT2D eigenvalue weighted by Gasteiger charge is 2.48. The molecule has 5 aliphatic rings. The van der Waals surface area contributed by atoms with Crippen molar-refractivity contribution in [3.05, 3.63) is 87.3 Å². The van der Waals surface area contributed by atoms with Gasteiger partial charge in [-0.25, -0.2) is 13.8 Å². The molecule has 4 amide bonds. The molecule has 2 bridgehead atoms. The Bertz CT molecular complexity index is 2370. The highest BCUT2D eigenvalue weighted by Crippen LogP contribution is 2.42. The lowest BCUT2D eigenvalue weighted by molar-refractivity contribution is -0.136. The molecular weight excluding hydrogens is 793 g/mol.